The Morgan fingerprint density at radius 2 is 1.74 bits per heavy atom. The van der Waals surface area contributed by atoms with Gasteiger partial charge < -0.3 is 5.32 Å². The predicted molar refractivity (Wildman–Crippen MR) is 122 cm³/mol. The quantitative estimate of drug-likeness (QED) is 0.759. The summed E-state index contributed by atoms with van der Waals surface area (Å²) in [5, 5.41) is 3.13. The van der Waals surface area contributed by atoms with Crippen molar-refractivity contribution in [2.45, 2.75) is 63.3 Å². The van der Waals surface area contributed by atoms with Gasteiger partial charge in [0.2, 0.25) is 15.9 Å². The molecule has 0 bridgehead atoms. The maximum absolute atomic E-state index is 13.0. The van der Waals surface area contributed by atoms with E-state index in [1.165, 1.54) is 28.3 Å². The van der Waals surface area contributed by atoms with Crippen LogP contribution in [0.25, 0.3) is 0 Å². The molecule has 5 nitrogen and oxygen atoms in total. The third kappa shape index (κ3) is 4.85. The summed E-state index contributed by atoms with van der Waals surface area (Å²) in [5.74, 6) is -0.386. The average Bonchev–Trinajstić information content (AvgIpc) is 2.79. The van der Waals surface area contributed by atoms with Crippen molar-refractivity contribution < 1.29 is 13.2 Å². The van der Waals surface area contributed by atoms with E-state index < -0.39 is 10.0 Å². The summed E-state index contributed by atoms with van der Waals surface area (Å²) in [6, 6.07) is 13.4. The topological polar surface area (TPSA) is 66.5 Å². The van der Waals surface area contributed by atoms with E-state index in [4.69, 9.17) is 0 Å². The second kappa shape index (κ2) is 9.13. The number of aryl methyl sites for hydroxylation is 3. The van der Waals surface area contributed by atoms with Crippen LogP contribution in [0.5, 0.6) is 0 Å². The maximum Gasteiger partial charge on any atom is 0.243 e. The van der Waals surface area contributed by atoms with Gasteiger partial charge >= 0.3 is 0 Å². The fourth-order valence-corrected chi connectivity index (χ4v) is 6.20. The van der Waals surface area contributed by atoms with Crippen molar-refractivity contribution in [1.29, 1.82) is 0 Å². The zero-order chi connectivity index (χ0) is 22.0. The van der Waals surface area contributed by atoms with Gasteiger partial charge in [-0.1, -0.05) is 35.9 Å². The monoisotopic (exact) mass is 440 g/mol. The molecule has 2 atom stereocenters. The zero-order valence-corrected chi connectivity index (χ0v) is 19.2. The molecule has 0 spiro atoms. The molecule has 0 aromatic heterocycles. The van der Waals surface area contributed by atoms with Gasteiger partial charge in [-0.2, -0.15) is 4.31 Å². The largest absolute Gasteiger partial charge is 0.349 e. The molecule has 2 aliphatic rings. The van der Waals surface area contributed by atoms with Crippen molar-refractivity contribution in [2.75, 3.05) is 13.1 Å². The predicted octanol–water partition coefficient (Wildman–Crippen LogP) is 4.15. The van der Waals surface area contributed by atoms with Crippen molar-refractivity contribution in [3.8, 4) is 0 Å². The van der Waals surface area contributed by atoms with E-state index in [-0.39, 0.29) is 24.4 Å². The van der Waals surface area contributed by atoms with Gasteiger partial charge in [0.15, 0.2) is 0 Å². The molecule has 0 radical (unpaired) electrons. The smallest absolute Gasteiger partial charge is 0.243 e. The zero-order valence-electron chi connectivity index (χ0n) is 18.4. The molecule has 2 aromatic carbocycles. The van der Waals surface area contributed by atoms with Gasteiger partial charge in [-0.25, -0.2) is 8.42 Å². The molecule has 6 heteroatoms. The normalized spacial score (nSPS) is 20.6. The number of carbonyl (C=O) groups excluding carboxylic acids is 1. The second-order valence-electron chi connectivity index (χ2n) is 8.98. The number of benzene rings is 2. The Morgan fingerprint density at radius 1 is 1.03 bits per heavy atom. The van der Waals surface area contributed by atoms with Crippen LogP contribution in [0.15, 0.2) is 47.4 Å². The molecular formula is C25H32N2O3S. The molecule has 4 rings (SSSR count). The molecule has 1 fully saturated rings. The molecule has 1 amide bonds. The Kier molecular flexibility index (Phi) is 6.49. The van der Waals surface area contributed by atoms with E-state index in [0.717, 1.165) is 24.0 Å². The molecular weight excluding hydrogens is 408 g/mol. The summed E-state index contributed by atoms with van der Waals surface area (Å²) in [5.41, 5.74) is 4.97. The first-order chi connectivity index (χ1) is 14.8. The first-order valence-electron chi connectivity index (χ1n) is 11.3. The van der Waals surface area contributed by atoms with Crippen LogP contribution in [0, 0.1) is 12.8 Å². The number of nitrogens with zero attached hydrogens (tertiary/aromatic N) is 1. The Labute approximate surface area is 185 Å². The second-order valence-corrected chi connectivity index (χ2v) is 10.9. The van der Waals surface area contributed by atoms with E-state index in [9.17, 15) is 13.2 Å². The molecule has 166 valence electrons. The minimum absolute atomic E-state index is 0.0611. The standard InChI is InChI=1S/C25H32N2O3S/c1-18-9-13-24(14-10-18)31(29,30)27-15-5-8-23(17-27)25(28)26-19(2)21-12-11-20-6-3-4-7-22(20)16-21/h9-14,16,19,23H,3-8,15,17H2,1-2H3,(H,26,28)/t19-,23+/m0/s1. The fourth-order valence-electron chi connectivity index (χ4n) is 4.67. The van der Waals surface area contributed by atoms with Crippen molar-refractivity contribution in [3.63, 3.8) is 0 Å². The minimum Gasteiger partial charge on any atom is -0.349 e. The van der Waals surface area contributed by atoms with Gasteiger partial charge in [0.25, 0.3) is 0 Å². The van der Waals surface area contributed by atoms with Crippen LogP contribution in [0.1, 0.15) is 60.9 Å². The minimum atomic E-state index is -3.58. The highest BCUT2D eigenvalue weighted by Gasteiger charge is 2.33. The van der Waals surface area contributed by atoms with E-state index in [2.05, 4.69) is 23.5 Å². The lowest BCUT2D eigenvalue weighted by molar-refractivity contribution is -0.126. The van der Waals surface area contributed by atoms with Gasteiger partial charge in [0.1, 0.15) is 0 Å². The van der Waals surface area contributed by atoms with Crippen LogP contribution in [0.4, 0.5) is 0 Å². The lowest BCUT2D eigenvalue weighted by atomic mass is 9.89. The van der Waals surface area contributed by atoms with Crippen LogP contribution in [-0.4, -0.2) is 31.7 Å². The number of hydrogen-bond donors (Lipinski definition) is 1. The average molecular weight is 441 g/mol. The van der Waals surface area contributed by atoms with Gasteiger partial charge in [0, 0.05) is 13.1 Å². The number of nitrogens with one attached hydrogen (secondary N) is 1. The van der Waals surface area contributed by atoms with Gasteiger partial charge in [-0.05, 0) is 81.2 Å². The van der Waals surface area contributed by atoms with Gasteiger partial charge in [-0.15, -0.1) is 0 Å². The number of piperidine rings is 1. The van der Waals surface area contributed by atoms with Crippen molar-refractivity contribution >= 4 is 15.9 Å². The van der Waals surface area contributed by atoms with Gasteiger partial charge in [-0.3, -0.25) is 4.79 Å². The SMILES string of the molecule is Cc1ccc(S(=O)(=O)N2CCC[C@@H](C(=O)N[C@@H](C)c3ccc4c(c3)CCCC4)C2)cc1. The molecule has 0 saturated carbocycles. The molecule has 2 aromatic rings. The summed E-state index contributed by atoms with van der Waals surface area (Å²) in [4.78, 5) is 13.3. The van der Waals surface area contributed by atoms with E-state index in [0.29, 0.717) is 24.3 Å². The van der Waals surface area contributed by atoms with Crippen molar-refractivity contribution in [3.05, 3.63) is 64.7 Å². The van der Waals surface area contributed by atoms with Crippen LogP contribution in [-0.2, 0) is 27.7 Å². The van der Waals surface area contributed by atoms with Crippen LogP contribution >= 0.6 is 0 Å². The molecule has 1 aliphatic heterocycles. The number of fused-ring (bicyclic) bond motifs is 1. The first kappa shape index (κ1) is 22.0. The highest BCUT2D eigenvalue weighted by molar-refractivity contribution is 7.89. The summed E-state index contributed by atoms with van der Waals surface area (Å²) in [7, 11) is -3.58. The van der Waals surface area contributed by atoms with Crippen LogP contribution in [0.2, 0.25) is 0 Å². The third-order valence-electron chi connectivity index (χ3n) is 6.64. The highest BCUT2D eigenvalue weighted by Crippen LogP contribution is 2.27. The summed E-state index contributed by atoms with van der Waals surface area (Å²) < 4.78 is 27.5. The molecule has 1 N–H and O–H groups in total. The van der Waals surface area contributed by atoms with E-state index >= 15 is 0 Å². The molecule has 0 unspecified atom stereocenters. The van der Waals surface area contributed by atoms with Crippen molar-refractivity contribution in [2.24, 2.45) is 5.92 Å². The first-order valence-corrected chi connectivity index (χ1v) is 12.8. The lowest BCUT2D eigenvalue weighted by Crippen LogP contribution is -2.45. The Hall–Kier alpha value is -2.18. The summed E-state index contributed by atoms with van der Waals surface area (Å²) in [6.07, 6.45) is 6.13. The molecule has 1 heterocycles. The number of sulfonamides is 1. The number of rotatable bonds is 5. The lowest BCUT2D eigenvalue weighted by Gasteiger charge is -2.32. The Morgan fingerprint density at radius 3 is 2.48 bits per heavy atom. The highest BCUT2D eigenvalue weighted by atomic mass is 32.2. The summed E-state index contributed by atoms with van der Waals surface area (Å²) >= 11 is 0. The number of carbonyl (C=O) groups is 1. The van der Waals surface area contributed by atoms with Gasteiger partial charge in [0.05, 0.1) is 16.9 Å². The molecule has 1 aliphatic carbocycles. The molecule has 1 saturated heterocycles. The molecule has 31 heavy (non-hydrogen) atoms. The number of hydrogen-bond acceptors (Lipinski definition) is 3. The van der Waals surface area contributed by atoms with Crippen molar-refractivity contribution in [1.82, 2.24) is 9.62 Å². The van der Waals surface area contributed by atoms with Crippen LogP contribution in [0.3, 0.4) is 0 Å². The number of amides is 1. The Balaban J connectivity index is 1.42. The fraction of sp³-hybridized carbons (Fsp3) is 0.480. The third-order valence-corrected chi connectivity index (χ3v) is 8.52. The van der Waals surface area contributed by atoms with E-state index in [1.54, 1.807) is 24.3 Å². The summed E-state index contributed by atoms with van der Waals surface area (Å²) in [6.45, 7) is 4.63. The Bertz CT molecular complexity index is 1050. The van der Waals surface area contributed by atoms with E-state index in [1.807, 2.05) is 13.8 Å². The maximum atomic E-state index is 13.0. The van der Waals surface area contributed by atoms with Crippen LogP contribution < -0.4 is 5.32 Å².